The van der Waals surface area contributed by atoms with Crippen LogP contribution in [0.5, 0.6) is 17.5 Å². The monoisotopic (exact) mass is 544 g/mol. The van der Waals surface area contributed by atoms with Crippen molar-refractivity contribution in [2.45, 2.75) is 11.3 Å². The molecule has 11 nitrogen and oxygen atoms in total. The van der Waals surface area contributed by atoms with Gasteiger partial charge in [0.2, 0.25) is 17.6 Å². The van der Waals surface area contributed by atoms with Crippen LogP contribution >= 0.6 is 11.6 Å². The molecular formula is C20H16ClF3N6O5S. The summed E-state index contributed by atoms with van der Waals surface area (Å²) < 4.78 is 83.1. The third-order valence-electron chi connectivity index (χ3n) is 4.72. The third kappa shape index (κ3) is 4.79. The summed E-state index contributed by atoms with van der Waals surface area (Å²) in [5.74, 6) is -2.40. The summed E-state index contributed by atoms with van der Waals surface area (Å²) in [6.07, 6.45) is 0.791. The molecule has 2 N–H and O–H groups in total. The summed E-state index contributed by atoms with van der Waals surface area (Å²) in [7, 11) is -2.01. The zero-order valence-corrected chi connectivity index (χ0v) is 20.0. The fraction of sp³-hybridized carbons (Fsp3) is 0.200. The molecule has 0 atom stereocenters. The van der Waals surface area contributed by atoms with Gasteiger partial charge in [-0.1, -0.05) is 11.6 Å². The molecule has 1 aromatic carbocycles. The number of aromatic nitrogens is 5. The van der Waals surface area contributed by atoms with Crippen LogP contribution in [0.2, 0.25) is 5.02 Å². The summed E-state index contributed by atoms with van der Waals surface area (Å²) >= 11 is 6.26. The lowest BCUT2D eigenvalue weighted by Crippen LogP contribution is -2.16. The van der Waals surface area contributed by atoms with Crippen molar-refractivity contribution in [1.29, 1.82) is 0 Å². The summed E-state index contributed by atoms with van der Waals surface area (Å²) in [4.78, 5) is 17.8. The molecule has 0 saturated heterocycles. The summed E-state index contributed by atoms with van der Waals surface area (Å²) in [5, 5.41) is 0.264. The minimum absolute atomic E-state index is 0.109. The number of aromatic amines is 1. The highest BCUT2D eigenvalue weighted by atomic mass is 35.5. The van der Waals surface area contributed by atoms with Crippen molar-refractivity contribution in [3.05, 3.63) is 41.7 Å². The number of halogens is 4. The number of nitrogens with one attached hydrogen (secondary N) is 2. The molecule has 0 aliphatic rings. The quantitative estimate of drug-likeness (QED) is 0.323. The maximum atomic E-state index is 14.3. The Hall–Kier alpha value is -3.85. The fourth-order valence-electron chi connectivity index (χ4n) is 3.27. The zero-order valence-electron chi connectivity index (χ0n) is 18.4. The molecular weight excluding hydrogens is 529 g/mol. The molecule has 3 heterocycles. The van der Waals surface area contributed by atoms with Gasteiger partial charge in [-0.15, -0.1) is 0 Å². The van der Waals surface area contributed by atoms with Gasteiger partial charge in [-0.25, -0.2) is 31.9 Å². The van der Waals surface area contributed by atoms with Gasteiger partial charge >= 0.3 is 0 Å². The predicted octanol–water partition coefficient (Wildman–Crippen LogP) is 3.67. The maximum Gasteiger partial charge on any atom is 0.272 e. The van der Waals surface area contributed by atoms with Crippen LogP contribution < -0.4 is 18.9 Å². The molecule has 0 aliphatic carbocycles. The highest BCUT2D eigenvalue weighted by molar-refractivity contribution is 7.93. The van der Waals surface area contributed by atoms with Crippen LogP contribution in [0.1, 0.15) is 0 Å². The minimum atomic E-state index is -4.36. The van der Waals surface area contributed by atoms with Crippen LogP contribution in [-0.4, -0.2) is 60.6 Å². The number of nitrogens with zero attached hydrogens (tertiary/aromatic N) is 4. The average Bonchev–Trinajstić information content (AvgIpc) is 3.28. The van der Waals surface area contributed by atoms with Gasteiger partial charge in [0.1, 0.15) is 17.2 Å². The van der Waals surface area contributed by atoms with Crippen LogP contribution in [0.25, 0.3) is 22.2 Å². The van der Waals surface area contributed by atoms with E-state index in [0.29, 0.717) is 0 Å². The molecule has 4 aromatic rings. The molecule has 0 amide bonds. The second-order valence-corrected chi connectivity index (χ2v) is 8.95. The first kappa shape index (κ1) is 25.2. The summed E-state index contributed by atoms with van der Waals surface area (Å²) in [5.41, 5.74) is 0.125. The van der Waals surface area contributed by atoms with Crippen LogP contribution in [-0.2, 0) is 10.0 Å². The smallest absolute Gasteiger partial charge is 0.272 e. The number of benzene rings is 1. The number of methoxy groups -OCH3 is 2. The highest BCUT2D eigenvalue weighted by Gasteiger charge is 2.26. The Kier molecular flexibility index (Phi) is 7.03. The lowest BCUT2D eigenvalue weighted by Gasteiger charge is -2.14. The normalized spacial score (nSPS) is 11.6. The first-order chi connectivity index (χ1) is 17.2. The molecule has 0 bridgehead atoms. The van der Waals surface area contributed by atoms with E-state index in [0.717, 1.165) is 12.4 Å². The van der Waals surface area contributed by atoms with Crippen molar-refractivity contribution in [3.8, 4) is 28.8 Å². The van der Waals surface area contributed by atoms with Gasteiger partial charge in [0, 0.05) is 29.5 Å². The van der Waals surface area contributed by atoms with Gasteiger partial charge in [-0.3, -0.25) is 0 Å². The zero-order chi connectivity index (χ0) is 26.0. The first-order valence-electron chi connectivity index (χ1n) is 9.86. The third-order valence-corrected chi connectivity index (χ3v) is 6.40. The van der Waals surface area contributed by atoms with Crippen molar-refractivity contribution < 1.29 is 35.8 Å². The minimum Gasteiger partial charge on any atom is -0.478 e. The Morgan fingerprint density at radius 2 is 1.78 bits per heavy atom. The molecule has 0 fully saturated rings. The van der Waals surface area contributed by atoms with Gasteiger partial charge in [-0.2, -0.15) is 14.4 Å². The molecule has 190 valence electrons. The number of fused-ring (bicyclic) bond motifs is 1. The number of H-pyrrole nitrogens is 1. The Bertz CT molecular complexity index is 1510. The van der Waals surface area contributed by atoms with Crippen LogP contribution in [0.4, 0.5) is 19.1 Å². The largest absolute Gasteiger partial charge is 0.478 e. The summed E-state index contributed by atoms with van der Waals surface area (Å²) in [6, 6.07) is 2.81. The second-order valence-electron chi connectivity index (χ2n) is 6.90. The van der Waals surface area contributed by atoms with E-state index in [4.69, 9.17) is 25.8 Å². The van der Waals surface area contributed by atoms with E-state index >= 15 is 0 Å². The van der Waals surface area contributed by atoms with Gasteiger partial charge in [0.05, 0.1) is 24.8 Å². The predicted molar refractivity (Wildman–Crippen MR) is 122 cm³/mol. The second kappa shape index (κ2) is 10.0. The lowest BCUT2D eigenvalue weighted by molar-refractivity contribution is 0.0781. The highest BCUT2D eigenvalue weighted by Crippen LogP contribution is 2.38. The Labute approximate surface area is 206 Å². The molecule has 3 aromatic heterocycles. The first-order valence-corrected chi connectivity index (χ1v) is 11.7. The maximum absolute atomic E-state index is 14.3. The number of alkyl halides is 2. The number of ether oxygens (including phenoxy) is 3. The van der Waals surface area contributed by atoms with Gasteiger partial charge in [-0.05, 0) is 12.1 Å². The van der Waals surface area contributed by atoms with Crippen LogP contribution in [0.15, 0.2) is 35.6 Å². The van der Waals surface area contributed by atoms with E-state index in [-0.39, 0.29) is 49.6 Å². The van der Waals surface area contributed by atoms with Crippen molar-refractivity contribution in [3.63, 3.8) is 0 Å². The van der Waals surface area contributed by atoms with Crippen molar-refractivity contribution in [1.82, 2.24) is 24.9 Å². The SMILES string of the molecule is COc1nc(NS(=O)(=O)c2c[nH]c3c(-c4nccnc4F)c(Cl)ccc23)nc(OC)c1OCC(F)F. The van der Waals surface area contributed by atoms with Crippen molar-refractivity contribution in [2.24, 2.45) is 0 Å². The number of hydrogen-bond donors (Lipinski definition) is 2. The molecule has 36 heavy (non-hydrogen) atoms. The van der Waals surface area contributed by atoms with Crippen LogP contribution in [0.3, 0.4) is 0 Å². The van der Waals surface area contributed by atoms with Crippen LogP contribution in [0, 0.1) is 5.95 Å². The van der Waals surface area contributed by atoms with E-state index < -0.39 is 35.0 Å². The van der Waals surface area contributed by atoms with E-state index in [1.54, 1.807) is 0 Å². The molecule has 16 heteroatoms. The van der Waals surface area contributed by atoms with E-state index in [1.165, 1.54) is 32.5 Å². The molecule has 4 rings (SSSR count). The number of hydrogen-bond acceptors (Lipinski definition) is 9. The van der Waals surface area contributed by atoms with Gasteiger partial charge in [0.25, 0.3) is 28.2 Å². The number of rotatable bonds is 9. The van der Waals surface area contributed by atoms with Gasteiger partial charge < -0.3 is 19.2 Å². The summed E-state index contributed by atoms with van der Waals surface area (Å²) in [6.45, 7) is -0.992. The van der Waals surface area contributed by atoms with Gasteiger partial charge in [0.15, 0.2) is 0 Å². The molecule has 0 saturated carbocycles. The Balaban J connectivity index is 1.76. The van der Waals surface area contributed by atoms with E-state index in [1.807, 2.05) is 0 Å². The van der Waals surface area contributed by atoms with Crippen molar-refractivity contribution in [2.75, 3.05) is 25.5 Å². The molecule has 0 unspecified atom stereocenters. The van der Waals surface area contributed by atoms with E-state index in [2.05, 4.69) is 29.6 Å². The number of sulfonamides is 1. The van der Waals surface area contributed by atoms with E-state index in [9.17, 15) is 21.6 Å². The van der Waals surface area contributed by atoms with Crippen molar-refractivity contribution >= 4 is 38.5 Å². The Morgan fingerprint density at radius 1 is 1.11 bits per heavy atom. The molecule has 0 spiro atoms. The molecule has 0 aliphatic heterocycles. The fourth-order valence-corrected chi connectivity index (χ4v) is 4.63. The lowest BCUT2D eigenvalue weighted by atomic mass is 10.1. The average molecular weight is 545 g/mol. The topological polar surface area (TPSA) is 141 Å². The molecule has 0 radical (unpaired) electrons. The number of anilines is 1. The standard InChI is InChI=1S/C20H16ClF3N6O5S/c1-33-18-16(35-8-12(22)23)19(34-2)29-20(28-18)30-36(31,32)11-7-27-14-9(11)3-4-10(21)13(14)15-17(24)26-6-5-25-15/h3-7,12,27H,8H2,1-2H3,(H,28,29,30). The Morgan fingerprint density at radius 3 is 2.39 bits per heavy atom.